The number of nitrogens with one attached hydrogen (secondary N) is 1. The van der Waals surface area contributed by atoms with Crippen LogP contribution in [0.4, 0.5) is 26.3 Å². The Bertz CT molecular complexity index is 312. The van der Waals surface area contributed by atoms with Gasteiger partial charge in [0, 0.05) is 0 Å². The maximum absolute atomic E-state index is 12.2. The molecule has 0 bridgehead atoms. The van der Waals surface area contributed by atoms with Gasteiger partial charge in [0.25, 0.3) is 0 Å². The number of carbonyl (C=O) groups excluding carboxylic acids is 1. The summed E-state index contributed by atoms with van der Waals surface area (Å²) >= 11 is 0. The number of rotatable bonds is 5. The highest BCUT2D eigenvalue weighted by molar-refractivity contribution is 5.77. The van der Waals surface area contributed by atoms with Gasteiger partial charge in [-0.05, 0) is 13.8 Å². The van der Waals surface area contributed by atoms with Gasteiger partial charge in [0.1, 0.15) is 12.8 Å². The Balaban J connectivity index is 4.26. The van der Waals surface area contributed by atoms with Crippen molar-refractivity contribution in [3.05, 3.63) is 0 Å². The van der Waals surface area contributed by atoms with E-state index in [-0.39, 0.29) is 0 Å². The lowest BCUT2D eigenvalue weighted by molar-refractivity contribution is -0.253. The number of hydrogen-bond donors (Lipinski definition) is 2. The number of carbonyl (C=O) groups is 1. The number of amides is 1. The third kappa shape index (κ3) is 7.21. The minimum absolute atomic E-state index is 0.383. The zero-order valence-electron chi connectivity index (χ0n) is 10.0. The molecule has 0 rings (SSSR count). The Morgan fingerprint density at radius 1 is 1.26 bits per heavy atom. The van der Waals surface area contributed by atoms with Gasteiger partial charge >= 0.3 is 12.4 Å². The molecule has 0 aliphatic rings. The summed E-state index contributed by atoms with van der Waals surface area (Å²) in [5.74, 6) is -1.28. The maximum atomic E-state index is 12.2. The van der Waals surface area contributed by atoms with Crippen molar-refractivity contribution in [3.8, 4) is 0 Å². The Labute approximate surface area is 104 Å². The summed E-state index contributed by atoms with van der Waals surface area (Å²) in [6.45, 7) is -0.246. The number of aliphatic hydroxyl groups is 1. The molecule has 0 aromatic heterocycles. The molecule has 0 aromatic carbocycles. The normalized spacial score (nSPS) is 17.7. The number of ether oxygens (including phenoxy) is 1. The molecule has 114 valence electrons. The summed E-state index contributed by atoms with van der Waals surface area (Å²) in [5.41, 5.74) is -3.26. The van der Waals surface area contributed by atoms with Crippen LogP contribution in [-0.4, -0.2) is 41.8 Å². The number of hydrogen-bond acceptors (Lipinski definition) is 3. The van der Waals surface area contributed by atoms with Crippen molar-refractivity contribution in [2.24, 2.45) is 0 Å². The highest BCUT2D eigenvalue weighted by atomic mass is 19.4. The fraction of sp³-hybridized carbons (Fsp3) is 0.889. The van der Waals surface area contributed by atoms with Gasteiger partial charge in [-0.3, -0.25) is 4.79 Å². The molecule has 0 aliphatic heterocycles. The fourth-order valence-electron chi connectivity index (χ4n) is 0.952. The second-order valence-electron chi connectivity index (χ2n) is 4.08. The van der Waals surface area contributed by atoms with E-state index in [0.29, 0.717) is 6.92 Å². The molecule has 1 amide bonds. The lowest BCUT2D eigenvalue weighted by atomic mass is 10.0. The van der Waals surface area contributed by atoms with Crippen molar-refractivity contribution < 1.29 is 41.0 Å². The average molecular weight is 297 g/mol. The zero-order valence-corrected chi connectivity index (χ0v) is 10.0. The van der Waals surface area contributed by atoms with Gasteiger partial charge in [-0.15, -0.1) is 0 Å². The van der Waals surface area contributed by atoms with Crippen LogP contribution < -0.4 is 5.32 Å². The molecule has 0 saturated heterocycles. The largest absolute Gasteiger partial charge is 0.417 e. The molecule has 0 heterocycles. The van der Waals surface area contributed by atoms with E-state index in [1.807, 2.05) is 0 Å². The molecule has 0 aromatic rings. The highest BCUT2D eigenvalue weighted by Gasteiger charge is 2.51. The Hall–Kier alpha value is -1.03. The predicted molar refractivity (Wildman–Crippen MR) is 50.9 cm³/mol. The molecule has 0 saturated carbocycles. The van der Waals surface area contributed by atoms with E-state index in [9.17, 15) is 31.1 Å². The minimum Gasteiger partial charge on any atom is -0.380 e. The monoisotopic (exact) mass is 297 g/mol. The van der Waals surface area contributed by atoms with E-state index < -0.39 is 43.1 Å². The second kappa shape index (κ2) is 5.95. The van der Waals surface area contributed by atoms with Crippen LogP contribution in [0.3, 0.4) is 0 Å². The van der Waals surface area contributed by atoms with Crippen molar-refractivity contribution in [3.63, 3.8) is 0 Å². The first-order valence-electron chi connectivity index (χ1n) is 5.01. The van der Waals surface area contributed by atoms with Crippen LogP contribution in [0, 0.1) is 0 Å². The van der Waals surface area contributed by atoms with Crippen LogP contribution in [0.2, 0.25) is 0 Å². The molecule has 0 spiro atoms. The summed E-state index contributed by atoms with van der Waals surface area (Å²) in [7, 11) is 0. The summed E-state index contributed by atoms with van der Waals surface area (Å²) in [5, 5.41) is 10.7. The first-order chi connectivity index (χ1) is 8.24. The second-order valence-corrected chi connectivity index (χ2v) is 4.08. The Kier molecular flexibility index (Phi) is 5.63. The van der Waals surface area contributed by atoms with E-state index in [0.717, 1.165) is 6.92 Å². The van der Waals surface area contributed by atoms with Crippen molar-refractivity contribution in [1.29, 1.82) is 0 Å². The van der Waals surface area contributed by atoms with Crippen LogP contribution in [0.5, 0.6) is 0 Å². The maximum Gasteiger partial charge on any atom is 0.417 e. The lowest BCUT2D eigenvalue weighted by Gasteiger charge is -2.26. The zero-order chi connectivity index (χ0) is 15.5. The number of halogens is 6. The van der Waals surface area contributed by atoms with E-state index in [1.165, 1.54) is 0 Å². The topological polar surface area (TPSA) is 58.6 Å². The van der Waals surface area contributed by atoms with E-state index in [1.54, 1.807) is 5.32 Å². The quantitative estimate of drug-likeness (QED) is 0.600. The summed E-state index contributed by atoms with van der Waals surface area (Å²) in [4.78, 5) is 11.1. The lowest BCUT2D eigenvalue weighted by Crippen LogP contribution is -2.47. The fourth-order valence-corrected chi connectivity index (χ4v) is 0.952. The number of alkyl halides is 6. The standard InChI is InChI=1S/C9H13F6NO3/c1-5(19-4-8(10,11)12)16-6(17)3-7(2,18)9(13,14)15/h5,18H,3-4H2,1-2H3,(H,16,17)/t5-,7+/m0/s1. The molecule has 0 radical (unpaired) electrons. The van der Waals surface area contributed by atoms with Crippen molar-refractivity contribution >= 4 is 5.91 Å². The van der Waals surface area contributed by atoms with Crippen LogP contribution in [0.1, 0.15) is 20.3 Å². The third-order valence-corrected chi connectivity index (χ3v) is 1.98. The van der Waals surface area contributed by atoms with Crippen LogP contribution in [0.25, 0.3) is 0 Å². The minimum atomic E-state index is -5.03. The summed E-state index contributed by atoms with van der Waals surface area (Å²) in [6.07, 6.45) is -12.4. The van der Waals surface area contributed by atoms with Gasteiger partial charge in [0.05, 0.1) is 6.42 Å². The Morgan fingerprint density at radius 3 is 2.11 bits per heavy atom. The summed E-state index contributed by atoms with van der Waals surface area (Å²) in [6, 6.07) is 0. The van der Waals surface area contributed by atoms with Crippen molar-refractivity contribution in [2.75, 3.05) is 6.61 Å². The van der Waals surface area contributed by atoms with Crippen LogP contribution in [0.15, 0.2) is 0 Å². The van der Waals surface area contributed by atoms with Gasteiger partial charge in [-0.2, -0.15) is 26.3 Å². The first-order valence-corrected chi connectivity index (χ1v) is 5.01. The predicted octanol–water partition coefficient (Wildman–Crippen LogP) is 1.73. The van der Waals surface area contributed by atoms with Crippen molar-refractivity contribution in [2.45, 2.75) is 44.4 Å². The van der Waals surface area contributed by atoms with Gasteiger partial charge in [-0.25, -0.2) is 0 Å². The van der Waals surface area contributed by atoms with E-state index >= 15 is 0 Å². The molecule has 0 aliphatic carbocycles. The first kappa shape index (κ1) is 18.0. The highest BCUT2D eigenvalue weighted by Crippen LogP contribution is 2.32. The van der Waals surface area contributed by atoms with E-state index in [2.05, 4.69) is 4.74 Å². The molecule has 10 heteroatoms. The molecule has 19 heavy (non-hydrogen) atoms. The van der Waals surface area contributed by atoms with Gasteiger partial charge in [-0.1, -0.05) is 0 Å². The average Bonchev–Trinajstić information content (AvgIpc) is 2.10. The molecule has 0 unspecified atom stereocenters. The van der Waals surface area contributed by atoms with Gasteiger partial charge in [0.2, 0.25) is 5.91 Å². The van der Waals surface area contributed by atoms with E-state index in [4.69, 9.17) is 5.11 Å². The third-order valence-electron chi connectivity index (χ3n) is 1.98. The molecule has 2 atom stereocenters. The molecular weight excluding hydrogens is 284 g/mol. The molecule has 4 nitrogen and oxygen atoms in total. The molecule has 2 N–H and O–H groups in total. The van der Waals surface area contributed by atoms with Crippen molar-refractivity contribution in [1.82, 2.24) is 5.32 Å². The van der Waals surface area contributed by atoms with Crippen LogP contribution in [-0.2, 0) is 9.53 Å². The van der Waals surface area contributed by atoms with Crippen LogP contribution >= 0.6 is 0 Å². The summed E-state index contributed by atoms with van der Waals surface area (Å²) < 4.78 is 76.1. The smallest absolute Gasteiger partial charge is 0.380 e. The molecular formula is C9H13F6NO3. The Morgan fingerprint density at radius 2 is 1.74 bits per heavy atom. The van der Waals surface area contributed by atoms with Gasteiger partial charge < -0.3 is 15.2 Å². The van der Waals surface area contributed by atoms with Gasteiger partial charge in [0.15, 0.2) is 5.60 Å². The SMILES string of the molecule is C[C@@H](NC(=O)C[C@@](C)(O)C(F)(F)F)OCC(F)(F)F. The molecule has 0 fully saturated rings.